The summed E-state index contributed by atoms with van der Waals surface area (Å²) in [7, 11) is 3.46. The third-order valence-electron chi connectivity index (χ3n) is 3.52. The molecular weight excluding hydrogens is 252 g/mol. The maximum Gasteiger partial charge on any atom is 0.239 e. The van der Waals surface area contributed by atoms with Crippen molar-refractivity contribution in [3.8, 4) is 5.75 Å². The van der Waals surface area contributed by atoms with Gasteiger partial charge in [0, 0.05) is 13.6 Å². The largest absolute Gasteiger partial charge is 0.496 e. The number of amides is 1. The number of ether oxygens (including phenoxy) is 1. The minimum atomic E-state index is -0.444. The van der Waals surface area contributed by atoms with Crippen LogP contribution in [-0.4, -0.2) is 31.0 Å². The van der Waals surface area contributed by atoms with E-state index in [-0.39, 0.29) is 11.8 Å². The van der Waals surface area contributed by atoms with Gasteiger partial charge in [0.05, 0.1) is 13.2 Å². The smallest absolute Gasteiger partial charge is 0.239 e. The first kappa shape index (κ1) is 16.5. The minimum Gasteiger partial charge on any atom is -0.496 e. The number of aryl methyl sites for hydroxylation is 2. The minimum absolute atomic E-state index is 0.0221. The van der Waals surface area contributed by atoms with Crippen molar-refractivity contribution in [1.82, 2.24) is 4.90 Å². The van der Waals surface area contributed by atoms with Crippen LogP contribution in [-0.2, 0) is 11.3 Å². The molecule has 1 aromatic carbocycles. The summed E-state index contributed by atoms with van der Waals surface area (Å²) in [5.41, 5.74) is 9.16. The average Bonchev–Trinajstić information content (AvgIpc) is 2.36. The van der Waals surface area contributed by atoms with Gasteiger partial charge in [-0.05, 0) is 36.5 Å². The lowest BCUT2D eigenvalue weighted by atomic mass is 10.0. The van der Waals surface area contributed by atoms with Gasteiger partial charge in [0.1, 0.15) is 5.75 Å². The standard InChI is InChI=1S/C16H26N2O2/c1-10(2)14(17)16(19)18(5)9-13-7-11(3)15(20-6)12(4)8-13/h7-8,10,14H,9,17H2,1-6H3/t14-/m1/s1. The summed E-state index contributed by atoms with van der Waals surface area (Å²) in [6, 6.07) is 3.66. The number of carbonyl (C=O) groups excluding carboxylic acids is 1. The average molecular weight is 278 g/mol. The molecule has 0 heterocycles. The summed E-state index contributed by atoms with van der Waals surface area (Å²) < 4.78 is 5.35. The van der Waals surface area contributed by atoms with E-state index in [0.29, 0.717) is 6.54 Å². The molecule has 0 aliphatic heterocycles. The van der Waals surface area contributed by atoms with Gasteiger partial charge in [-0.1, -0.05) is 26.0 Å². The summed E-state index contributed by atoms with van der Waals surface area (Å²) in [6.07, 6.45) is 0. The lowest BCUT2D eigenvalue weighted by Crippen LogP contribution is -2.44. The fourth-order valence-electron chi connectivity index (χ4n) is 2.34. The van der Waals surface area contributed by atoms with Crippen molar-refractivity contribution in [2.75, 3.05) is 14.2 Å². The lowest BCUT2D eigenvalue weighted by molar-refractivity contribution is -0.132. The lowest BCUT2D eigenvalue weighted by Gasteiger charge is -2.24. The normalized spacial score (nSPS) is 12.4. The highest BCUT2D eigenvalue weighted by atomic mass is 16.5. The van der Waals surface area contributed by atoms with Gasteiger partial charge in [-0.25, -0.2) is 0 Å². The molecule has 0 bridgehead atoms. The Bertz CT molecular complexity index is 460. The first-order valence-corrected chi connectivity index (χ1v) is 6.92. The van der Waals surface area contributed by atoms with E-state index >= 15 is 0 Å². The summed E-state index contributed by atoms with van der Waals surface area (Å²) in [6.45, 7) is 8.50. The number of nitrogens with two attached hydrogens (primary N) is 1. The van der Waals surface area contributed by atoms with Gasteiger partial charge < -0.3 is 15.4 Å². The molecule has 1 rings (SSSR count). The van der Waals surface area contributed by atoms with Crippen LogP contribution in [0, 0.1) is 19.8 Å². The third kappa shape index (κ3) is 3.73. The summed E-state index contributed by atoms with van der Waals surface area (Å²) >= 11 is 0. The molecule has 4 heteroatoms. The summed E-state index contributed by atoms with van der Waals surface area (Å²) in [5, 5.41) is 0. The molecule has 0 fully saturated rings. The van der Waals surface area contributed by atoms with Crippen LogP contribution in [0.3, 0.4) is 0 Å². The van der Waals surface area contributed by atoms with Crippen LogP contribution in [0.15, 0.2) is 12.1 Å². The van der Waals surface area contributed by atoms with Crippen molar-refractivity contribution in [3.05, 3.63) is 28.8 Å². The quantitative estimate of drug-likeness (QED) is 0.899. The van der Waals surface area contributed by atoms with Gasteiger partial charge in [-0.2, -0.15) is 0 Å². The number of hydrogen-bond donors (Lipinski definition) is 1. The molecule has 0 saturated heterocycles. The Hall–Kier alpha value is -1.55. The molecule has 4 nitrogen and oxygen atoms in total. The van der Waals surface area contributed by atoms with Crippen molar-refractivity contribution in [1.29, 1.82) is 0 Å². The van der Waals surface area contributed by atoms with Gasteiger partial charge in [-0.15, -0.1) is 0 Å². The molecule has 0 spiro atoms. The van der Waals surface area contributed by atoms with Gasteiger partial charge >= 0.3 is 0 Å². The van der Waals surface area contributed by atoms with E-state index in [1.165, 1.54) is 0 Å². The number of rotatable bonds is 5. The molecule has 0 aliphatic rings. The predicted octanol–water partition coefficient (Wildman–Crippen LogP) is 2.25. The second-order valence-corrected chi connectivity index (χ2v) is 5.73. The zero-order chi connectivity index (χ0) is 15.4. The molecule has 0 saturated carbocycles. The molecule has 0 radical (unpaired) electrons. The number of benzene rings is 1. The first-order valence-electron chi connectivity index (χ1n) is 6.92. The number of nitrogens with zero attached hydrogens (tertiary/aromatic N) is 1. The van der Waals surface area contributed by atoms with E-state index in [0.717, 1.165) is 22.4 Å². The van der Waals surface area contributed by atoms with Crippen molar-refractivity contribution >= 4 is 5.91 Å². The van der Waals surface area contributed by atoms with Crippen molar-refractivity contribution < 1.29 is 9.53 Å². The van der Waals surface area contributed by atoms with E-state index in [1.807, 2.05) is 27.7 Å². The molecule has 112 valence electrons. The Morgan fingerprint density at radius 3 is 2.20 bits per heavy atom. The topological polar surface area (TPSA) is 55.6 Å². The van der Waals surface area contributed by atoms with Gasteiger partial charge in [0.2, 0.25) is 5.91 Å². The third-order valence-corrected chi connectivity index (χ3v) is 3.52. The van der Waals surface area contributed by atoms with E-state index in [4.69, 9.17) is 10.5 Å². The maximum atomic E-state index is 12.2. The van der Waals surface area contributed by atoms with Crippen LogP contribution < -0.4 is 10.5 Å². The van der Waals surface area contributed by atoms with Gasteiger partial charge in [-0.3, -0.25) is 4.79 Å². The van der Waals surface area contributed by atoms with Crippen LogP contribution in [0.5, 0.6) is 5.75 Å². The van der Waals surface area contributed by atoms with E-state index < -0.39 is 6.04 Å². The number of likely N-dealkylation sites (N-methyl/N-ethyl adjacent to an activating group) is 1. The molecule has 0 aliphatic carbocycles. The second kappa shape index (κ2) is 6.75. The van der Waals surface area contributed by atoms with E-state index in [2.05, 4.69) is 12.1 Å². The van der Waals surface area contributed by atoms with Crippen molar-refractivity contribution in [3.63, 3.8) is 0 Å². The SMILES string of the molecule is COc1c(C)cc(CN(C)C(=O)[C@H](N)C(C)C)cc1C. The molecule has 0 aromatic heterocycles. The Morgan fingerprint density at radius 1 is 1.30 bits per heavy atom. The molecule has 2 N–H and O–H groups in total. The molecule has 20 heavy (non-hydrogen) atoms. The zero-order valence-corrected chi connectivity index (χ0v) is 13.4. The highest BCUT2D eigenvalue weighted by Gasteiger charge is 2.21. The molecule has 1 aromatic rings. The molecule has 1 amide bonds. The van der Waals surface area contributed by atoms with Gasteiger partial charge in [0.15, 0.2) is 0 Å². The fraction of sp³-hybridized carbons (Fsp3) is 0.562. The monoisotopic (exact) mass is 278 g/mol. The number of carbonyl (C=O) groups is 1. The summed E-state index contributed by atoms with van der Waals surface area (Å²) in [5.74, 6) is 1.03. The fourth-order valence-corrected chi connectivity index (χ4v) is 2.34. The number of methoxy groups -OCH3 is 1. The van der Waals surface area contributed by atoms with Crippen LogP contribution in [0.1, 0.15) is 30.5 Å². The van der Waals surface area contributed by atoms with E-state index in [1.54, 1.807) is 19.1 Å². The van der Waals surface area contributed by atoms with Crippen molar-refractivity contribution in [2.24, 2.45) is 11.7 Å². The molecule has 1 atom stereocenters. The Morgan fingerprint density at radius 2 is 1.80 bits per heavy atom. The summed E-state index contributed by atoms with van der Waals surface area (Å²) in [4.78, 5) is 13.8. The van der Waals surface area contributed by atoms with Crippen LogP contribution >= 0.6 is 0 Å². The highest BCUT2D eigenvalue weighted by molar-refractivity contribution is 5.81. The van der Waals surface area contributed by atoms with Gasteiger partial charge in [0.25, 0.3) is 0 Å². The van der Waals surface area contributed by atoms with Crippen LogP contribution in [0.4, 0.5) is 0 Å². The highest BCUT2D eigenvalue weighted by Crippen LogP contribution is 2.24. The zero-order valence-electron chi connectivity index (χ0n) is 13.4. The predicted molar refractivity (Wildman–Crippen MR) is 81.8 cm³/mol. The Kier molecular flexibility index (Phi) is 5.57. The first-order chi connectivity index (χ1) is 9.27. The second-order valence-electron chi connectivity index (χ2n) is 5.73. The molecule has 0 unspecified atom stereocenters. The van der Waals surface area contributed by atoms with Crippen molar-refractivity contribution in [2.45, 2.75) is 40.3 Å². The number of hydrogen-bond acceptors (Lipinski definition) is 3. The van der Waals surface area contributed by atoms with E-state index in [9.17, 15) is 4.79 Å². The maximum absolute atomic E-state index is 12.2. The molecular formula is C16H26N2O2. The Balaban J connectivity index is 2.86. The Labute approximate surface area is 121 Å². The van der Waals surface area contributed by atoms with Crippen LogP contribution in [0.25, 0.3) is 0 Å². The van der Waals surface area contributed by atoms with Crippen LogP contribution in [0.2, 0.25) is 0 Å².